The number of hydrogen-bond acceptors (Lipinski definition) is 3. The van der Waals surface area contributed by atoms with Crippen LogP contribution < -0.4 is 9.47 Å². The van der Waals surface area contributed by atoms with Crippen LogP contribution in [0.1, 0.15) is 0 Å². The van der Waals surface area contributed by atoms with Gasteiger partial charge in [0.25, 0.3) is 0 Å². The van der Waals surface area contributed by atoms with Crippen molar-refractivity contribution < 1.29 is 9.47 Å². The van der Waals surface area contributed by atoms with Gasteiger partial charge in [-0.05, 0) is 18.2 Å². The second-order valence-corrected chi connectivity index (χ2v) is 3.28. The van der Waals surface area contributed by atoms with E-state index in [9.17, 15) is 0 Å². The lowest BCUT2D eigenvalue weighted by molar-refractivity contribution is 0.413. The molecule has 1 heterocycles. The van der Waals surface area contributed by atoms with Gasteiger partial charge in [-0.1, -0.05) is 12.1 Å². The largest absolute Gasteiger partial charge is 0.497 e. The first kappa shape index (κ1) is 10.5. The molecule has 2 aromatic rings. The highest BCUT2D eigenvalue weighted by Crippen LogP contribution is 2.29. The predicted octanol–water partition coefficient (Wildman–Crippen LogP) is 2.77. The standard InChI is InChI=1S/C13H13NO2/c1-15-10-7-8-14-12(9-10)11-5-3-4-6-13(11)16-2/h3-9H,1-2H3. The van der Waals surface area contributed by atoms with E-state index in [0.717, 1.165) is 22.8 Å². The summed E-state index contributed by atoms with van der Waals surface area (Å²) in [7, 11) is 3.29. The molecule has 0 bridgehead atoms. The van der Waals surface area contributed by atoms with E-state index < -0.39 is 0 Å². The Morgan fingerprint density at radius 1 is 1.00 bits per heavy atom. The molecular weight excluding hydrogens is 202 g/mol. The van der Waals surface area contributed by atoms with E-state index in [-0.39, 0.29) is 0 Å². The Bertz CT molecular complexity index is 483. The summed E-state index contributed by atoms with van der Waals surface area (Å²) in [5, 5.41) is 0. The maximum Gasteiger partial charge on any atom is 0.128 e. The van der Waals surface area contributed by atoms with Crippen LogP contribution in [0, 0.1) is 0 Å². The lowest BCUT2D eigenvalue weighted by atomic mass is 10.1. The molecule has 0 aliphatic carbocycles. The normalized spacial score (nSPS) is 9.88. The lowest BCUT2D eigenvalue weighted by Gasteiger charge is -2.08. The van der Waals surface area contributed by atoms with Crippen LogP contribution in [0.5, 0.6) is 11.5 Å². The van der Waals surface area contributed by atoms with E-state index in [2.05, 4.69) is 4.98 Å². The quantitative estimate of drug-likeness (QED) is 0.788. The summed E-state index contributed by atoms with van der Waals surface area (Å²) in [6.45, 7) is 0. The molecule has 0 spiro atoms. The Hall–Kier alpha value is -2.03. The fourth-order valence-corrected chi connectivity index (χ4v) is 1.54. The Balaban J connectivity index is 2.49. The molecule has 82 valence electrons. The molecule has 0 atom stereocenters. The smallest absolute Gasteiger partial charge is 0.128 e. The average molecular weight is 215 g/mol. The molecule has 0 N–H and O–H groups in total. The predicted molar refractivity (Wildman–Crippen MR) is 62.8 cm³/mol. The number of nitrogens with zero attached hydrogens (tertiary/aromatic N) is 1. The second kappa shape index (κ2) is 4.66. The van der Waals surface area contributed by atoms with Crippen molar-refractivity contribution in [3.63, 3.8) is 0 Å². The van der Waals surface area contributed by atoms with Crippen molar-refractivity contribution in [3.05, 3.63) is 42.6 Å². The zero-order chi connectivity index (χ0) is 11.4. The number of pyridine rings is 1. The highest BCUT2D eigenvalue weighted by molar-refractivity contribution is 5.67. The van der Waals surface area contributed by atoms with Crippen LogP contribution in [0.15, 0.2) is 42.6 Å². The number of para-hydroxylation sites is 1. The average Bonchev–Trinajstić information content (AvgIpc) is 2.38. The molecule has 1 aromatic carbocycles. The van der Waals surface area contributed by atoms with Crippen molar-refractivity contribution >= 4 is 0 Å². The van der Waals surface area contributed by atoms with Crippen LogP contribution >= 0.6 is 0 Å². The van der Waals surface area contributed by atoms with Crippen LogP contribution in [0.3, 0.4) is 0 Å². The number of aromatic nitrogens is 1. The number of ether oxygens (including phenoxy) is 2. The fourth-order valence-electron chi connectivity index (χ4n) is 1.54. The van der Waals surface area contributed by atoms with Crippen LogP contribution in [0.25, 0.3) is 11.3 Å². The molecule has 3 heteroatoms. The van der Waals surface area contributed by atoms with Crippen LogP contribution in [0.4, 0.5) is 0 Å². The number of hydrogen-bond donors (Lipinski definition) is 0. The molecule has 0 aliphatic heterocycles. The van der Waals surface area contributed by atoms with Gasteiger partial charge in [0.1, 0.15) is 11.5 Å². The SMILES string of the molecule is COc1ccnc(-c2ccccc2OC)c1. The van der Waals surface area contributed by atoms with E-state index in [0.29, 0.717) is 0 Å². The van der Waals surface area contributed by atoms with Gasteiger partial charge >= 0.3 is 0 Å². The minimum absolute atomic E-state index is 0.788. The fraction of sp³-hybridized carbons (Fsp3) is 0.154. The molecule has 0 aliphatic rings. The monoisotopic (exact) mass is 215 g/mol. The minimum Gasteiger partial charge on any atom is -0.497 e. The zero-order valence-electron chi connectivity index (χ0n) is 9.31. The third-order valence-corrected chi connectivity index (χ3v) is 2.35. The van der Waals surface area contributed by atoms with E-state index in [4.69, 9.17) is 9.47 Å². The van der Waals surface area contributed by atoms with Gasteiger partial charge in [0.2, 0.25) is 0 Å². The highest BCUT2D eigenvalue weighted by Gasteiger charge is 2.06. The molecule has 0 saturated carbocycles. The van der Waals surface area contributed by atoms with Gasteiger partial charge in [-0.15, -0.1) is 0 Å². The Morgan fingerprint density at radius 2 is 1.81 bits per heavy atom. The maximum atomic E-state index is 5.29. The minimum atomic E-state index is 0.788. The summed E-state index contributed by atoms with van der Waals surface area (Å²) in [4.78, 5) is 4.31. The van der Waals surface area contributed by atoms with Gasteiger partial charge in [0.15, 0.2) is 0 Å². The van der Waals surface area contributed by atoms with Crippen molar-refractivity contribution in [3.8, 4) is 22.8 Å². The third kappa shape index (κ3) is 1.98. The Morgan fingerprint density at radius 3 is 2.56 bits per heavy atom. The highest BCUT2D eigenvalue weighted by atomic mass is 16.5. The molecule has 3 nitrogen and oxygen atoms in total. The van der Waals surface area contributed by atoms with Crippen molar-refractivity contribution in [1.29, 1.82) is 0 Å². The summed E-state index contributed by atoms with van der Waals surface area (Å²) in [5.41, 5.74) is 1.81. The Kier molecular flexibility index (Phi) is 3.05. The second-order valence-electron chi connectivity index (χ2n) is 3.28. The summed E-state index contributed by atoms with van der Waals surface area (Å²) >= 11 is 0. The molecule has 0 amide bonds. The van der Waals surface area contributed by atoms with E-state index in [1.54, 1.807) is 20.4 Å². The summed E-state index contributed by atoms with van der Waals surface area (Å²) in [6, 6.07) is 11.5. The molecule has 16 heavy (non-hydrogen) atoms. The molecular formula is C13H13NO2. The summed E-state index contributed by atoms with van der Waals surface area (Å²) in [6.07, 6.45) is 1.72. The van der Waals surface area contributed by atoms with Crippen molar-refractivity contribution in [2.24, 2.45) is 0 Å². The number of methoxy groups -OCH3 is 2. The first-order chi connectivity index (χ1) is 7.85. The van der Waals surface area contributed by atoms with Crippen LogP contribution in [0.2, 0.25) is 0 Å². The number of benzene rings is 1. The third-order valence-electron chi connectivity index (χ3n) is 2.35. The topological polar surface area (TPSA) is 31.4 Å². The van der Waals surface area contributed by atoms with E-state index in [1.807, 2.05) is 36.4 Å². The van der Waals surface area contributed by atoms with Crippen molar-refractivity contribution in [1.82, 2.24) is 4.98 Å². The van der Waals surface area contributed by atoms with Crippen LogP contribution in [-0.2, 0) is 0 Å². The van der Waals surface area contributed by atoms with Gasteiger partial charge in [-0.25, -0.2) is 0 Å². The number of rotatable bonds is 3. The molecule has 1 aromatic heterocycles. The van der Waals surface area contributed by atoms with Gasteiger partial charge in [-0.2, -0.15) is 0 Å². The van der Waals surface area contributed by atoms with E-state index in [1.165, 1.54) is 0 Å². The maximum absolute atomic E-state index is 5.29. The van der Waals surface area contributed by atoms with Crippen LogP contribution in [-0.4, -0.2) is 19.2 Å². The summed E-state index contributed by atoms with van der Waals surface area (Å²) in [5.74, 6) is 1.60. The first-order valence-electron chi connectivity index (χ1n) is 4.98. The van der Waals surface area contributed by atoms with Gasteiger partial charge in [0.05, 0.1) is 19.9 Å². The first-order valence-corrected chi connectivity index (χ1v) is 4.98. The van der Waals surface area contributed by atoms with Crippen molar-refractivity contribution in [2.75, 3.05) is 14.2 Å². The molecule has 0 fully saturated rings. The van der Waals surface area contributed by atoms with Gasteiger partial charge < -0.3 is 9.47 Å². The van der Waals surface area contributed by atoms with E-state index >= 15 is 0 Å². The Labute approximate surface area is 94.7 Å². The van der Waals surface area contributed by atoms with Gasteiger partial charge in [0, 0.05) is 17.8 Å². The summed E-state index contributed by atoms with van der Waals surface area (Å²) < 4.78 is 10.5. The molecule has 0 radical (unpaired) electrons. The van der Waals surface area contributed by atoms with Gasteiger partial charge in [-0.3, -0.25) is 4.98 Å². The molecule has 0 unspecified atom stereocenters. The molecule has 2 rings (SSSR count). The lowest BCUT2D eigenvalue weighted by Crippen LogP contribution is -1.90. The zero-order valence-corrected chi connectivity index (χ0v) is 9.31. The molecule has 0 saturated heterocycles. The van der Waals surface area contributed by atoms with Crippen molar-refractivity contribution in [2.45, 2.75) is 0 Å².